The highest BCUT2D eigenvalue weighted by atomic mass is 16.5. The Labute approximate surface area is 138 Å². The van der Waals surface area contributed by atoms with Crippen LogP contribution in [-0.2, 0) is 14.3 Å². The zero-order chi connectivity index (χ0) is 17.4. The second-order valence-electron chi connectivity index (χ2n) is 5.75. The van der Waals surface area contributed by atoms with Gasteiger partial charge in [-0.05, 0) is 25.3 Å². The molecule has 2 N–H and O–H groups in total. The number of hydrogen-bond acceptors (Lipinski definition) is 4. The summed E-state index contributed by atoms with van der Waals surface area (Å²) in [7, 11) is 0. The van der Waals surface area contributed by atoms with Crippen molar-refractivity contribution in [2.45, 2.75) is 46.3 Å². The molecule has 5 nitrogen and oxygen atoms in total. The third-order valence-corrected chi connectivity index (χ3v) is 4.09. The Balaban J connectivity index is 2.85. The summed E-state index contributed by atoms with van der Waals surface area (Å²) in [6, 6.07) is 9.35. The van der Waals surface area contributed by atoms with Crippen molar-refractivity contribution in [1.29, 1.82) is 0 Å². The van der Waals surface area contributed by atoms with Crippen molar-refractivity contribution in [2.75, 3.05) is 6.61 Å². The molecule has 1 rings (SSSR count). The van der Waals surface area contributed by atoms with E-state index in [2.05, 4.69) is 5.32 Å². The lowest BCUT2D eigenvalue weighted by Crippen LogP contribution is -2.45. The van der Waals surface area contributed by atoms with Gasteiger partial charge in [0.2, 0.25) is 5.91 Å². The van der Waals surface area contributed by atoms with Crippen LogP contribution in [0.2, 0.25) is 0 Å². The maximum atomic E-state index is 12.6. The molecule has 0 aliphatic heterocycles. The molecule has 1 aromatic carbocycles. The Morgan fingerprint density at radius 2 is 1.78 bits per heavy atom. The summed E-state index contributed by atoms with van der Waals surface area (Å²) in [5.41, 5.74) is 0.967. The summed E-state index contributed by atoms with van der Waals surface area (Å²) in [6.45, 7) is 7.48. The maximum Gasteiger partial charge on any atom is 0.335 e. The number of ether oxygens (including phenoxy) is 1. The van der Waals surface area contributed by atoms with E-state index in [1.165, 1.54) is 0 Å². The van der Waals surface area contributed by atoms with Gasteiger partial charge in [0.05, 0.1) is 18.6 Å². The molecule has 0 bridgehead atoms. The van der Waals surface area contributed by atoms with Crippen LogP contribution in [0.25, 0.3) is 0 Å². The third-order valence-electron chi connectivity index (χ3n) is 4.09. The fourth-order valence-electron chi connectivity index (χ4n) is 2.48. The average molecular weight is 321 g/mol. The number of nitrogens with one attached hydrogen (secondary N) is 1. The van der Waals surface area contributed by atoms with Gasteiger partial charge in [0.15, 0.2) is 6.10 Å². The van der Waals surface area contributed by atoms with E-state index < -0.39 is 18.0 Å². The molecule has 0 spiro atoms. The van der Waals surface area contributed by atoms with Crippen molar-refractivity contribution in [3.8, 4) is 0 Å². The molecule has 128 valence electrons. The summed E-state index contributed by atoms with van der Waals surface area (Å²) >= 11 is 0. The number of hydrogen-bond donors (Lipinski definition) is 2. The number of aliphatic hydroxyl groups is 1. The van der Waals surface area contributed by atoms with E-state index in [0.29, 0.717) is 6.42 Å². The zero-order valence-corrected chi connectivity index (χ0v) is 14.3. The minimum absolute atomic E-state index is 0.141. The Bertz CT molecular complexity index is 503. The molecule has 0 aliphatic carbocycles. The largest absolute Gasteiger partial charge is 0.464 e. The highest BCUT2D eigenvalue weighted by Gasteiger charge is 2.37. The first-order chi connectivity index (χ1) is 10.9. The van der Waals surface area contributed by atoms with Gasteiger partial charge in [-0.2, -0.15) is 0 Å². The zero-order valence-electron chi connectivity index (χ0n) is 14.3. The van der Waals surface area contributed by atoms with Crippen LogP contribution in [-0.4, -0.2) is 29.7 Å². The van der Waals surface area contributed by atoms with Crippen molar-refractivity contribution in [3.05, 3.63) is 35.9 Å². The molecular weight excluding hydrogens is 294 g/mol. The SMILES string of the molecule is CCOC(=O)[C@H](O)[C@@H](C(=O)N[C@@H](C)c1ccccc1)[C@@H](C)CC. The van der Waals surface area contributed by atoms with Gasteiger partial charge in [-0.15, -0.1) is 0 Å². The summed E-state index contributed by atoms with van der Waals surface area (Å²) in [5, 5.41) is 13.1. The van der Waals surface area contributed by atoms with E-state index in [1.807, 2.05) is 51.1 Å². The van der Waals surface area contributed by atoms with Crippen molar-refractivity contribution in [3.63, 3.8) is 0 Å². The van der Waals surface area contributed by atoms with E-state index in [9.17, 15) is 14.7 Å². The molecule has 0 fully saturated rings. The quantitative estimate of drug-likeness (QED) is 0.721. The van der Waals surface area contributed by atoms with Crippen LogP contribution in [0.1, 0.15) is 45.7 Å². The van der Waals surface area contributed by atoms with E-state index >= 15 is 0 Å². The van der Waals surface area contributed by atoms with E-state index in [-0.39, 0.29) is 24.5 Å². The van der Waals surface area contributed by atoms with Crippen LogP contribution in [0.15, 0.2) is 30.3 Å². The van der Waals surface area contributed by atoms with Gasteiger partial charge in [0.25, 0.3) is 0 Å². The molecule has 0 heterocycles. The predicted octanol–water partition coefficient (Wildman–Crippen LogP) is 2.45. The minimum atomic E-state index is -1.45. The van der Waals surface area contributed by atoms with Gasteiger partial charge in [-0.3, -0.25) is 4.79 Å². The molecule has 0 saturated heterocycles. The lowest BCUT2D eigenvalue weighted by Gasteiger charge is -2.27. The summed E-state index contributed by atoms with van der Waals surface area (Å²) < 4.78 is 4.85. The number of carbonyl (C=O) groups is 2. The molecular formula is C18H27NO4. The van der Waals surface area contributed by atoms with Gasteiger partial charge >= 0.3 is 5.97 Å². The van der Waals surface area contributed by atoms with Gasteiger partial charge in [-0.1, -0.05) is 50.6 Å². The molecule has 1 aromatic rings. The Kier molecular flexibility index (Phi) is 7.75. The standard InChI is InChI=1S/C18H27NO4/c1-5-12(3)15(16(20)18(22)23-6-2)17(21)19-13(4)14-10-8-7-9-11-14/h7-13,15-16,20H,5-6H2,1-4H3,(H,19,21)/t12-,13-,15-,16+/m0/s1. The van der Waals surface area contributed by atoms with Gasteiger partial charge < -0.3 is 15.2 Å². The van der Waals surface area contributed by atoms with Crippen LogP contribution in [0.3, 0.4) is 0 Å². The maximum absolute atomic E-state index is 12.6. The number of benzene rings is 1. The Hall–Kier alpha value is -1.88. The first kappa shape index (κ1) is 19.2. The van der Waals surface area contributed by atoms with Crippen LogP contribution in [0.5, 0.6) is 0 Å². The Morgan fingerprint density at radius 3 is 2.30 bits per heavy atom. The van der Waals surface area contributed by atoms with E-state index in [4.69, 9.17) is 4.74 Å². The first-order valence-corrected chi connectivity index (χ1v) is 8.12. The highest BCUT2D eigenvalue weighted by molar-refractivity contribution is 5.87. The summed E-state index contributed by atoms with van der Waals surface area (Å²) in [6.07, 6.45) is -0.776. The molecule has 0 unspecified atom stereocenters. The second-order valence-corrected chi connectivity index (χ2v) is 5.75. The van der Waals surface area contributed by atoms with Crippen LogP contribution in [0, 0.1) is 11.8 Å². The fraction of sp³-hybridized carbons (Fsp3) is 0.556. The number of carbonyl (C=O) groups excluding carboxylic acids is 2. The number of aliphatic hydroxyl groups excluding tert-OH is 1. The monoisotopic (exact) mass is 321 g/mol. The van der Waals surface area contributed by atoms with Crippen molar-refractivity contribution < 1.29 is 19.4 Å². The lowest BCUT2D eigenvalue weighted by atomic mass is 9.85. The second kappa shape index (κ2) is 9.30. The van der Waals surface area contributed by atoms with E-state index in [0.717, 1.165) is 5.56 Å². The molecule has 0 saturated carbocycles. The van der Waals surface area contributed by atoms with Crippen LogP contribution < -0.4 is 5.32 Å². The first-order valence-electron chi connectivity index (χ1n) is 8.12. The summed E-state index contributed by atoms with van der Waals surface area (Å²) in [5.74, 6) is -2.06. The number of rotatable bonds is 8. The smallest absolute Gasteiger partial charge is 0.335 e. The topological polar surface area (TPSA) is 75.6 Å². The number of amides is 1. The fourth-order valence-corrected chi connectivity index (χ4v) is 2.48. The molecule has 0 aliphatic rings. The molecule has 0 radical (unpaired) electrons. The predicted molar refractivity (Wildman–Crippen MR) is 88.6 cm³/mol. The van der Waals surface area contributed by atoms with Crippen LogP contribution in [0.4, 0.5) is 0 Å². The van der Waals surface area contributed by atoms with Crippen LogP contribution >= 0.6 is 0 Å². The average Bonchev–Trinajstić information content (AvgIpc) is 2.55. The minimum Gasteiger partial charge on any atom is -0.464 e. The summed E-state index contributed by atoms with van der Waals surface area (Å²) in [4.78, 5) is 24.4. The van der Waals surface area contributed by atoms with Gasteiger partial charge in [-0.25, -0.2) is 4.79 Å². The molecule has 4 atom stereocenters. The van der Waals surface area contributed by atoms with Gasteiger partial charge in [0, 0.05) is 0 Å². The number of esters is 1. The molecule has 23 heavy (non-hydrogen) atoms. The molecule has 5 heteroatoms. The molecule has 0 aromatic heterocycles. The molecule has 1 amide bonds. The highest BCUT2D eigenvalue weighted by Crippen LogP contribution is 2.22. The van der Waals surface area contributed by atoms with Crippen molar-refractivity contribution in [2.24, 2.45) is 11.8 Å². The Morgan fingerprint density at radius 1 is 1.17 bits per heavy atom. The van der Waals surface area contributed by atoms with Gasteiger partial charge in [0.1, 0.15) is 0 Å². The lowest BCUT2D eigenvalue weighted by molar-refractivity contribution is -0.160. The third kappa shape index (κ3) is 5.36. The normalized spacial score (nSPS) is 16.0. The van der Waals surface area contributed by atoms with Crippen molar-refractivity contribution >= 4 is 11.9 Å². The van der Waals surface area contributed by atoms with Crippen molar-refractivity contribution in [1.82, 2.24) is 5.32 Å². The van der Waals surface area contributed by atoms with E-state index in [1.54, 1.807) is 6.92 Å².